The minimum Gasteiger partial charge on any atom is -0.0736 e. The zero-order valence-corrected chi connectivity index (χ0v) is 16.3. The second-order valence-electron chi connectivity index (χ2n) is 10.4. The van der Waals surface area contributed by atoms with Gasteiger partial charge >= 0.3 is 0 Å². The highest BCUT2D eigenvalue weighted by atomic mass is 14.8. The average molecular weight is 299 g/mol. The van der Waals surface area contributed by atoms with Crippen molar-refractivity contribution in [3.63, 3.8) is 0 Å². The molecule has 1 fully saturated rings. The Hall–Kier alpha value is -0.780. The van der Waals surface area contributed by atoms with Gasteiger partial charge in [0.2, 0.25) is 0 Å². The van der Waals surface area contributed by atoms with E-state index in [0.29, 0.717) is 0 Å². The first-order chi connectivity index (χ1) is 9.69. The molecule has 2 unspecified atom stereocenters. The van der Waals surface area contributed by atoms with Crippen LogP contribution >= 0.6 is 0 Å². The molecule has 0 heteroatoms. The Labute approximate surface area is 137 Å². The standard InChI is InChI=1S/C22H34/c1-17(2)16-14-15-12-11-13-21(15,9)20(7,8)22(16,10)19(5,6)18(17,3)4/h11-14H,1-10H3. The van der Waals surface area contributed by atoms with Crippen molar-refractivity contribution >= 4 is 0 Å². The molecule has 0 saturated heterocycles. The zero-order chi connectivity index (χ0) is 17.0. The maximum Gasteiger partial charge on any atom is 0.0166 e. The van der Waals surface area contributed by atoms with E-state index in [4.69, 9.17) is 0 Å². The molecule has 3 rings (SSSR count). The van der Waals surface area contributed by atoms with E-state index in [1.807, 2.05) is 0 Å². The highest BCUT2D eigenvalue weighted by molar-refractivity contribution is 5.54. The summed E-state index contributed by atoms with van der Waals surface area (Å²) in [5.74, 6) is 0. The molecule has 0 nitrogen and oxygen atoms in total. The van der Waals surface area contributed by atoms with Crippen molar-refractivity contribution in [2.75, 3.05) is 0 Å². The van der Waals surface area contributed by atoms with Crippen molar-refractivity contribution in [1.82, 2.24) is 0 Å². The molecule has 122 valence electrons. The van der Waals surface area contributed by atoms with Gasteiger partial charge in [-0.15, -0.1) is 0 Å². The summed E-state index contributed by atoms with van der Waals surface area (Å²) in [4.78, 5) is 0. The van der Waals surface area contributed by atoms with E-state index in [0.717, 1.165) is 0 Å². The van der Waals surface area contributed by atoms with Gasteiger partial charge in [0.25, 0.3) is 0 Å². The van der Waals surface area contributed by atoms with Crippen LogP contribution in [0, 0.1) is 32.5 Å². The van der Waals surface area contributed by atoms with E-state index < -0.39 is 0 Å². The Kier molecular flexibility index (Phi) is 2.67. The van der Waals surface area contributed by atoms with Gasteiger partial charge in [0.15, 0.2) is 0 Å². The summed E-state index contributed by atoms with van der Waals surface area (Å²) in [6, 6.07) is 0. The van der Waals surface area contributed by atoms with Gasteiger partial charge in [-0.05, 0) is 27.2 Å². The van der Waals surface area contributed by atoms with Gasteiger partial charge in [0.1, 0.15) is 0 Å². The van der Waals surface area contributed by atoms with Crippen molar-refractivity contribution in [1.29, 1.82) is 0 Å². The highest BCUT2D eigenvalue weighted by Crippen LogP contribution is 2.81. The van der Waals surface area contributed by atoms with Crippen LogP contribution in [-0.2, 0) is 0 Å². The molecule has 0 spiro atoms. The van der Waals surface area contributed by atoms with Gasteiger partial charge in [0, 0.05) is 10.8 Å². The van der Waals surface area contributed by atoms with Gasteiger partial charge in [-0.3, -0.25) is 0 Å². The quantitative estimate of drug-likeness (QED) is 0.475. The Morgan fingerprint density at radius 3 is 1.77 bits per heavy atom. The Balaban J connectivity index is 2.44. The molecule has 0 aliphatic heterocycles. The molecule has 0 heterocycles. The molecule has 2 atom stereocenters. The number of hydrogen-bond acceptors (Lipinski definition) is 0. The molecule has 22 heavy (non-hydrogen) atoms. The lowest BCUT2D eigenvalue weighted by Crippen LogP contribution is -2.56. The third-order valence-electron chi connectivity index (χ3n) is 9.74. The van der Waals surface area contributed by atoms with Crippen molar-refractivity contribution in [2.24, 2.45) is 32.5 Å². The molecule has 0 aromatic heterocycles. The maximum absolute atomic E-state index is 2.56. The van der Waals surface area contributed by atoms with Crippen molar-refractivity contribution < 1.29 is 0 Å². The Morgan fingerprint density at radius 2 is 1.23 bits per heavy atom. The normalized spacial score (nSPS) is 42.5. The topological polar surface area (TPSA) is 0 Å². The molecular weight excluding hydrogens is 264 g/mol. The van der Waals surface area contributed by atoms with Gasteiger partial charge in [-0.1, -0.05) is 99.1 Å². The minimum absolute atomic E-state index is 0.138. The molecule has 0 bridgehead atoms. The van der Waals surface area contributed by atoms with Crippen LogP contribution in [0.5, 0.6) is 0 Å². The van der Waals surface area contributed by atoms with Crippen LogP contribution in [0.15, 0.2) is 35.5 Å². The molecule has 3 aliphatic rings. The fraction of sp³-hybridized carbons (Fsp3) is 0.727. The summed E-state index contributed by atoms with van der Waals surface area (Å²) < 4.78 is 0. The van der Waals surface area contributed by atoms with Crippen LogP contribution in [0.1, 0.15) is 69.2 Å². The Morgan fingerprint density at radius 1 is 0.682 bits per heavy atom. The van der Waals surface area contributed by atoms with Gasteiger partial charge < -0.3 is 0 Å². The van der Waals surface area contributed by atoms with Crippen LogP contribution < -0.4 is 0 Å². The summed E-state index contributed by atoms with van der Waals surface area (Å²) in [7, 11) is 0. The fourth-order valence-electron chi connectivity index (χ4n) is 6.20. The maximum atomic E-state index is 2.56. The second-order valence-corrected chi connectivity index (χ2v) is 10.4. The van der Waals surface area contributed by atoms with Crippen LogP contribution in [0.3, 0.4) is 0 Å². The van der Waals surface area contributed by atoms with Gasteiger partial charge in [-0.25, -0.2) is 0 Å². The van der Waals surface area contributed by atoms with E-state index >= 15 is 0 Å². The van der Waals surface area contributed by atoms with Crippen LogP contribution in [0.25, 0.3) is 0 Å². The molecule has 0 radical (unpaired) electrons. The monoisotopic (exact) mass is 298 g/mol. The molecule has 0 aromatic carbocycles. The molecular formula is C22H34. The predicted molar refractivity (Wildman–Crippen MR) is 96.6 cm³/mol. The number of allylic oxidation sites excluding steroid dienone is 6. The average Bonchev–Trinajstić information content (AvgIpc) is 2.78. The zero-order valence-electron chi connectivity index (χ0n) is 16.3. The SMILES string of the molecule is CC1(C)C2=CC3=CC=CC3(C)C(C)(C)C2(C)C(C)(C)C1(C)C. The minimum atomic E-state index is 0.138. The van der Waals surface area contributed by atoms with E-state index in [-0.39, 0.29) is 32.5 Å². The lowest BCUT2D eigenvalue weighted by atomic mass is 9.41. The van der Waals surface area contributed by atoms with Crippen LogP contribution in [0.4, 0.5) is 0 Å². The predicted octanol–water partition coefficient (Wildman–Crippen LogP) is 6.55. The summed E-state index contributed by atoms with van der Waals surface area (Å²) in [5.41, 5.74) is 4.33. The summed E-state index contributed by atoms with van der Waals surface area (Å²) in [5, 5.41) is 0. The van der Waals surface area contributed by atoms with E-state index in [1.165, 1.54) is 5.57 Å². The lowest BCUT2D eigenvalue weighted by molar-refractivity contribution is -0.0848. The first-order valence-electron chi connectivity index (χ1n) is 8.82. The van der Waals surface area contributed by atoms with Gasteiger partial charge in [0.05, 0.1) is 0 Å². The number of hydrogen-bond donors (Lipinski definition) is 0. The molecule has 3 aliphatic carbocycles. The van der Waals surface area contributed by atoms with Crippen LogP contribution in [-0.4, -0.2) is 0 Å². The third-order valence-corrected chi connectivity index (χ3v) is 9.74. The lowest BCUT2D eigenvalue weighted by Gasteiger charge is -2.62. The largest absolute Gasteiger partial charge is 0.0736 e. The van der Waals surface area contributed by atoms with E-state index in [1.54, 1.807) is 5.57 Å². The molecule has 0 aromatic rings. The molecule has 1 saturated carbocycles. The van der Waals surface area contributed by atoms with E-state index in [2.05, 4.69) is 93.5 Å². The number of rotatable bonds is 0. The van der Waals surface area contributed by atoms with Crippen molar-refractivity contribution in [2.45, 2.75) is 69.2 Å². The highest BCUT2D eigenvalue weighted by Gasteiger charge is 2.74. The Bertz CT molecular complexity index is 633. The molecule has 0 amide bonds. The summed E-state index contributed by atoms with van der Waals surface area (Å²) >= 11 is 0. The number of fused-ring (bicyclic) bond motifs is 2. The van der Waals surface area contributed by atoms with Crippen molar-refractivity contribution in [3.05, 3.63) is 35.5 Å². The summed E-state index contributed by atoms with van der Waals surface area (Å²) in [6.45, 7) is 24.9. The second kappa shape index (κ2) is 3.65. The van der Waals surface area contributed by atoms with Crippen molar-refractivity contribution in [3.8, 4) is 0 Å². The first kappa shape index (κ1) is 16.1. The fourth-order valence-corrected chi connectivity index (χ4v) is 6.20. The first-order valence-corrected chi connectivity index (χ1v) is 8.82. The molecule has 0 N–H and O–H groups in total. The third kappa shape index (κ3) is 1.19. The summed E-state index contributed by atoms with van der Waals surface area (Å²) in [6.07, 6.45) is 9.60. The van der Waals surface area contributed by atoms with Crippen LogP contribution in [0.2, 0.25) is 0 Å². The van der Waals surface area contributed by atoms with E-state index in [9.17, 15) is 0 Å². The smallest absolute Gasteiger partial charge is 0.0166 e. The van der Waals surface area contributed by atoms with Gasteiger partial charge in [-0.2, -0.15) is 0 Å².